The molecule has 1 amide bonds. The summed E-state index contributed by atoms with van der Waals surface area (Å²) in [6, 6.07) is 10.8. The maximum Gasteiger partial charge on any atom is 0.253 e. The van der Waals surface area contributed by atoms with E-state index in [0.29, 0.717) is 18.0 Å². The number of hydrogen-bond donors (Lipinski definition) is 2. The van der Waals surface area contributed by atoms with E-state index < -0.39 is 0 Å². The molecule has 4 rings (SSSR count). The summed E-state index contributed by atoms with van der Waals surface area (Å²) in [5.41, 5.74) is 3.31. The first-order chi connectivity index (χ1) is 15.0. The maximum absolute atomic E-state index is 14.0. The van der Waals surface area contributed by atoms with Crippen LogP contribution in [-0.2, 0) is 6.54 Å². The molecule has 0 bridgehead atoms. The molecular weight excluding hydrogens is 395 g/mol. The molecule has 1 aliphatic carbocycles. The molecule has 0 aromatic heterocycles. The number of piperazine rings is 1. The molecule has 166 valence electrons. The zero-order valence-electron chi connectivity index (χ0n) is 18.3. The lowest BCUT2D eigenvalue weighted by molar-refractivity contribution is 0.0952. The average Bonchev–Trinajstić information content (AvgIpc) is 3.61. The number of carbonyl (C=O) groups is 1. The minimum Gasteiger partial charge on any atom is -0.494 e. The Morgan fingerprint density at radius 3 is 2.58 bits per heavy atom. The van der Waals surface area contributed by atoms with E-state index in [9.17, 15) is 9.18 Å². The van der Waals surface area contributed by atoms with Crippen LogP contribution in [0.25, 0.3) is 0 Å². The number of benzene rings is 2. The second-order valence-corrected chi connectivity index (χ2v) is 8.50. The van der Waals surface area contributed by atoms with E-state index in [4.69, 9.17) is 4.74 Å². The highest BCUT2D eigenvalue weighted by atomic mass is 19.1. The van der Waals surface area contributed by atoms with Gasteiger partial charge in [0.15, 0.2) is 11.6 Å². The van der Waals surface area contributed by atoms with Crippen molar-refractivity contribution in [2.75, 3.05) is 57.1 Å². The number of amides is 1. The number of methoxy groups -OCH3 is 1. The second kappa shape index (κ2) is 9.56. The summed E-state index contributed by atoms with van der Waals surface area (Å²) in [6.07, 6.45) is 2.40. The van der Waals surface area contributed by atoms with Crippen molar-refractivity contribution in [2.45, 2.75) is 19.4 Å². The van der Waals surface area contributed by atoms with E-state index in [0.717, 1.165) is 49.7 Å². The van der Waals surface area contributed by atoms with E-state index in [-0.39, 0.29) is 17.5 Å². The fraction of sp³-hybridized carbons (Fsp3) is 0.458. The molecule has 7 heteroatoms. The number of anilines is 2. The van der Waals surface area contributed by atoms with Gasteiger partial charge in [0, 0.05) is 50.6 Å². The number of halogens is 1. The van der Waals surface area contributed by atoms with Gasteiger partial charge in [-0.25, -0.2) is 4.39 Å². The molecule has 1 aliphatic heterocycles. The molecule has 0 atom stereocenters. The van der Waals surface area contributed by atoms with Gasteiger partial charge in [-0.1, -0.05) is 6.07 Å². The number of nitrogens with one attached hydrogen (secondary N) is 2. The first-order valence-electron chi connectivity index (χ1n) is 11.0. The fourth-order valence-electron chi connectivity index (χ4n) is 3.83. The van der Waals surface area contributed by atoms with Gasteiger partial charge in [0.1, 0.15) is 0 Å². The molecule has 1 saturated carbocycles. The number of likely N-dealkylation sites (N-methyl/N-ethyl adjacent to an activating group) is 1. The Morgan fingerprint density at radius 2 is 1.90 bits per heavy atom. The highest BCUT2D eigenvalue weighted by Gasteiger charge is 2.24. The molecule has 1 heterocycles. The van der Waals surface area contributed by atoms with Gasteiger partial charge in [0.25, 0.3) is 5.91 Å². The summed E-state index contributed by atoms with van der Waals surface area (Å²) in [5, 5.41) is 6.42. The van der Waals surface area contributed by atoms with Gasteiger partial charge in [-0.05, 0) is 61.7 Å². The van der Waals surface area contributed by atoms with Crippen molar-refractivity contribution in [3.8, 4) is 5.75 Å². The number of hydrogen-bond acceptors (Lipinski definition) is 5. The highest BCUT2D eigenvalue weighted by molar-refractivity contribution is 6.01. The van der Waals surface area contributed by atoms with Crippen LogP contribution >= 0.6 is 0 Å². The van der Waals surface area contributed by atoms with Crippen molar-refractivity contribution in [3.05, 3.63) is 53.3 Å². The second-order valence-electron chi connectivity index (χ2n) is 8.50. The van der Waals surface area contributed by atoms with Crippen molar-refractivity contribution < 1.29 is 13.9 Å². The summed E-state index contributed by atoms with van der Waals surface area (Å²) >= 11 is 0. The van der Waals surface area contributed by atoms with Gasteiger partial charge in [0.2, 0.25) is 0 Å². The zero-order valence-corrected chi connectivity index (χ0v) is 18.3. The average molecular weight is 427 g/mol. The predicted molar refractivity (Wildman–Crippen MR) is 121 cm³/mol. The molecule has 2 aromatic rings. The molecule has 2 fully saturated rings. The summed E-state index contributed by atoms with van der Waals surface area (Å²) in [5.74, 6) is 0.449. The summed E-state index contributed by atoms with van der Waals surface area (Å²) in [6.45, 7) is 4.95. The standard InChI is InChI=1S/C24H31FN4O2/c1-28-9-11-29(12-10-28)22-7-6-19(14-20(22)24(30)27-15-17-3-4-17)26-16-18-5-8-23(31-2)21(25)13-18/h5-8,13-14,17,26H,3-4,9-12,15-16H2,1-2H3,(H,27,30). The first kappa shape index (κ1) is 21.4. The summed E-state index contributed by atoms with van der Waals surface area (Å²) in [7, 11) is 3.57. The molecule has 2 aromatic carbocycles. The molecule has 0 spiro atoms. The topological polar surface area (TPSA) is 56.8 Å². The lowest BCUT2D eigenvalue weighted by atomic mass is 10.1. The molecule has 2 aliphatic rings. The predicted octanol–water partition coefficient (Wildman–Crippen LogP) is 3.34. The smallest absolute Gasteiger partial charge is 0.253 e. The Morgan fingerprint density at radius 1 is 1.13 bits per heavy atom. The van der Waals surface area contributed by atoms with E-state index >= 15 is 0 Å². The minimum atomic E-state index is -0.382. The normalized spacial score (nSPS) is 16.8. The Hall–Kier alpha value is -2.80. The van der Waals surface area contributed by atoms with Gasteiger partial charge in [-0.2, -0.15) is 0 Å². The highest BCUT2D eigenvalue weighted by Crippen LogP contribution is 2.29. The van der Waals surface area contributed by atoms with E-state index in [1.807, 2.05) is 24.3 Å². The van der Waals surface area contributed by atoms with E-state index in [1.165, 1.54) is 26.0 Å². The molecule has 31 heavy (non-hydrogen) atoms. The van der Waals surface area contributed by atoms with Gasteiger partial charge in [-0.3, -0.25) is 4.79 Å². The number of ether oxygens (including phenoxy) is 1. The van der Waals surface area contributed by atoms with Crippen LogP contribution < -0.4 is 20.3 Å². The Bertz CT molecular complexity index is 924. The third kappa shape index (κ3) is 5.47. The van der Waals surface area contributed by atoms with E-state index in [2.05, 4.69) is 27.5 Å². The monoisotopic (exact) mass is 426 g/mol. The van der Waals surface area contributed by atoms with Crippen LogP contribution in [0.3, 0.4) is 0 Å². The molecular formula is C24H31FN4O2. The molecule has 0 radical (unpaired) electrons. The minimum absolute atomic E-state index is 0.0278. The van der Waals surface area contributed by atoms with Crippen LogP contribution in [0, 0.1) is 11.7 Å². The molecule has 2 N–H and O–H groups in total. The van der Waals surface area contributed by atoms with Crippen molar-refractivity contribution in [2.24, 2.45) is 5.92 Å². The lowest BCUT2D eigenvalue weighted by Gasteiger charge is -2.35. The largest absolute Gasteiger partial charge is 0.494 e. The number of carbonyl (C=O) groups excluding carboxylic acids is 1. The van der Waals surface area contributed by atoms with Crippen LogP contribution in [0.2, 0.25) is 0 Å². The Kier molecular flexibility index (Phi) is 6.61. The van der Waals surface area contributed by atoms with E-state index in [1.54, 1.807) is 6.07 Å². The number of rotatable bonds is 8. The SMILES string of the molecule is COc1ccc(CNc2ccc(N3CCN(C)CC3)c(C(=O)NCC3CC3)c2)cc1F. The van der Waals surface area contributed by atoms with Crippen LogP contribution in [0.5, 0.6) is 5.75 Å². The molecule has 1 saturated heterocycles. The lowest BCUT2D eigenvalue weighted by Crippen LogP contribution is -2.45. The van der Waals surface area contributed by atoms with Crippen molar-refractivity contribution >= 4 is 17.3 Å². The van der Waals surface area contributed by atoms with Crippen LogP contribution in [-0.4, -0.2) is 57.7 Å². The van der Waals surface area contributed by atoms with Gasteiger partial charge in [0.05, 0.1) is 12.7 Å². The van der Waals surface area contributed by atoms with Crippen LogP contribution in [0.4, 0.5) is 15.8 Å². The van der Waals surface area contributed by atoms with Crippen molar-refractivity contribution in [1.82, 2.24) is 10.2 Å². The van der Waals surface area contributed by atoms with Crippen molar-refractivity contribution in [1.29, 1.82) is 0 Å². The summed E-state index contributed by atoms with van der Waals surface area (Å²) in [4.78, 5) is 17.6. The van der Waals surface area contributed by atoms with Gasteiger partial charge < -0.3 is 25.2 Å². The number of nitrogens with zero attached hydrogens (tertiary/aromatic N) is 2. The third-order valence-corrected chi connectivity index (χ3v) is 6.05. The van der Waals surface area contributed by atoms with Gasteiger partial charge >= 0.3 is 0 Å². The molecule has 0 unspecified atom stereocenters. The summed E-state index contributed by atoms with van der Waals surface area (Å²) < 4.78 is 19.0. The third-order valence-electron chi connectivity index (χ3n) is 6.05. The van der Waals surface area contributed by atoms with Crippen LogP contribution in [0.15, 0.2) is 36.4 Å². The van der Waals surface area contributed by atoms with Gasteiger partial charge in [-0.15, -0.1) is 0 Å². The fourth-order valence-corrected chi connectivity index (χ4v) is 3.83. The first-order valence-corrected chi connectivity index (χ1v) is 11.0. The quantitative estimate of drug-likeness (QED) is 0.678. The van der Waals surface area contributed by atoms with Crippen LogP contribution in [0.1, 0.15) is 28.8 Å². The zero-order chi connectivity index (χ0) is 21.8. The Labute approximate surface area is 183 Å². The molecule has 6 nitrogen and oxygen atoms in total. The van der Waals surface area contributed by atoms with Crippen molar-refractivity contribution in [3.63, 3.8) is 0 Å². The maximum atomic E-state index is 14.0. The Balaban J connectivity index is 1.50.